The number of halogens is 3. The molecule has 1 amide bonds. The third-order valence-corrected chi connectivity index (χ3v) is 4.30. The van der Waals surface area contributed by atoms with Crippen molar-refractivity contribution < 1.29 is 22.7 Å². The Hall–Kier alpha value is -4.15. The molecule has 0 atom stereocenters. The molecule has 0 saturated carbocycles. The maximum atomic E-state index is 12.3. The van der Waals surface area contributed by atoms with Crippen LogP contribution < -0.4 is 15.8 Å². The zero-order valence-corrected chi connectivity index (χ0v) is 15.8. The molecular formula is C20H15F3N6O2. The van der Waals surface area contributed by atoms with Gasteiger partial charge in [-0.05, 0) is 42.0 Å². The minimum Gasteiger partial charge on any atom is -0.406 e. The molecule has 0 spiro atoms. The summed E-state index contributed by atoms with van der Waals surface area (Å²) in [5.74, 6) is -0.369. The zero-order chi connectivity index (χ0) is 22.0. The summed E-state index contributed by atoms with van der Waals surface area (Å²) in [5, 5.41) is 8.08. The molecule has 158 valence electrons. The molecule has 0 aliphatic rings. The Morgan fingerprint density at radius 1 is 1.06 bits per heavy atom. The van der Waals surface area contributed by atoms with E-state index in [2.05, 4.69) is 25.1 Å². The Kier molecular flexibility index (Phi) is 5.15. The summed E-state index contributed by atoms with van der Waals surface area (Å²) in [4.78, 5) is 19.5. The van der Waals surface area contributed by atoms with E-state index in [0.717, 1.165) is 5.56 Å². The highest BCUT2D eigenvalue weighted by Gasteiger charge is 2.30. The van der Waals surface area contributed by atoms with Gasteiger partial charge in [0.1, 0.15) is 17.9 Å². The molecule has 3 N–H and O–H groups in total. The molecular weight excluding hydrogens is 413 g/mol. The van der Waals surface area contributed by atoms with Crippen molar-refractivity contribution in [2.75, 3.05) is 5.32 Å². The molecule has 0 fully saturated rings. The van der Waals surface area contributed by atoms with Crippen LogP contribution in [0.15, 0.2) is 61.1 Å². The number of alkyl halides is 3. The van der Waals surface area contributed by atoms with Crippen molar-refractivity contribution in [2.24, 2.45) is 5.73 Å². The fraction of sp³-hybridized carbons (Fsp3) is 0.100. The fourth-order valence-corrected chi connectivity index (χ4v) is 2.90. The summed E-state index contributed by atoms with van der Waals surface area (Å²) < 4.78 is 42.4. The first-order valence-electron chi connectivity index (χ1n) is 8.96. The first-order chi connectivity index (χ1) is 14.8. The van der Waals surface area contributed by atoms with E-state index in [1.807, 2.05) is 0 Å². The highest BCUT2D eigenvalue weighted by Crippen LogP contribution is 2.27. The van der Waals surface area contributed by atoms with E-state index < -0.39 is 12.3 Å². The van der Waals surface area contributed by atoms with Crippen LogP contribution in [0.2, 0.25) is 0 Å². The standard InChI is InChI=1S/C20H15F3N6O2/c21-20(22,23)31-15-7-5-14(6-8-15)27-18-16-10-29(28-19(16)26-11-25-18)9-12-1-3-13(4-2-12)17(24)30/h1-8,10-11H,9H2,(H2,24,30)(H,25,26,27,28). The van der Waals surface area contributed by atoms with E-state index in [0.29, 0.717) is 34.6 Å². The molecule has 0 saturated heterocycles. The number of benzene rings is 2. The van der Waals surface area contributed by atoms with Gasteiger partial charge in [-0.3, -0.25) is 9.48 Å². The second-order valence-corrected chi connectivity index (χ2v) is 6.54. The number of primary amides is 1. The number of amides is 1. The Morgan fingerprint density at radius 2 is 1.77 bits per heavy atom. The van der Waals surface area contributed by atoms with E-state index in [1.54, 1.807) is 35.1 Å². The van der Waals surface area contributed by atoms with Crippen molar-refractivity contribution in [3.8, 4) is 5.75 Å². The van der Waals surface area contributed by atoms with E-state index >= 15 is 0 Å². The summed E-state index contributed by atoms with van der Waals surface area (Å²) in [7, 11) is 0. The highest BCUT2D eigenvalue weighted by atomic mass is 19.4. The molecule has 0 aliphatic heterocycles. The van der Waals surface area contributed by atoms with E-state index in [9.17, 15) is 18.0 Å². The lowest BCUT2D eigenvalue weighted by atomic mass is 10.1. The van der Waals surface area contributed by atoms with Crippen molar-refractivity contribution in [3.63, 3.8) is 0 Å². The van der Waals surface area contributed by atoms with Crippen molar-refractivity contribution >= 4 is 28.4 Å². The SMILES string of the molecule is NC(=O)c1ccc(Cn2cc3c(Nc4ccc(OC(F)(F)F)cc4)ncnc3n2)cc1. The minimum absolute atomic E-state index is 0.318. The van der Waals surface area contributed by atoms with Crippen LogP contribution >= 0.6 is 0 Å². The molecule has 2 heterocycles. The van der Waals surface area contributed by atoms with Crippen LogP contribution in [0, 0.1) is 0 Å². The first-order valence-corrected chi connectivity index (χ1v) is 8.96. The van der Waals surface area contributed by atoms with Gasteiger partial charge in [-0.15, -0.1) is 13.2 Å². The molecule has 31 heavy (non-hydrogen) atoms. The third kappa shape index (κ3) is 4.89. The number of carbonyl (C=O) groups excluding carboxylic acids is 1. The third-order valence-electron chi connectivity index (χ3n) is 4.30. The Morgan fingerprint density at radius 3 is 2.42 bits per heavy atom. The average molecular weight is 428 g/mol. The largest absolute Gasteiger partial charge is 0.573 e. The van der Waals surface area contributed by atoms with Gasteiger partial charge >= 0.3 is 6.36 Å². The minimum atomic E-state index is -4.75. The van der Waals surface area contributed by atoms with Crippen LogP contribution in [-0.4, -0.2) is 32.0 Å². The summed E-state index contributed by atoms with van der Waals surface area (Å²) in [6.07, 6.45) is -1.66. The summed E-state index contributed by atoms with van der Waals surface area (Å²) in [6, 6.07) is 12.1. The lowest BCUT2D eigenvalue weighted by Crippen LogP contribution is -2.16. The second kappa shape index (κ2) is 7.94. The van der Waals surface area contributed by atoms with E-state index in [-0.39, 0.29) is 5.75 Å². The quantitative estimate of drug-likeness (QED) is 0.486. The van der Waals surface area contributed by atoms with Crippen LogP contribution in [0.5, 0.6) is 5.75 Å². The van der Waals surface area contributed by atoms with Gasteiger partial charge in [0, 0.05) is 17.4 Å². The Bertz CT molecular complexity index is 1220. The van der Waals surface area contributed by atoms with Crippen LogP contribution in [-0.2, 0) is 6.54 Å². The normalized spacial score (nSPS) is 11.5. The van der Waals surface area contributed by atoms with Crippen molar-refractivity contribution in [1.82, 2.24) is 19.7 Å². The van der Waals surface area contributed by atoms with Crippen LogP contribution in [0.1, 0.15) is 15.9 Å². The Labute approximate surface area is 173 Å². The number of nitrogens with one attached hydrogen (secondary N) is 1. The number of ether oxygens (including phenoxy) is 1. The predicted octanol–water partition coefficient (Wildman–Crippen LogP) is 3.62. The molecule has 0 bridgehead atoms. The molecule has 4 rings (SSSR count). The van der Waals surface area contributed by atoms with Gasteiger partial charge in [-0.2, -0.15) is 5.10 Å². The molecule has 0 aliphatic carbocycles. The van der Waals surface area contributed by atoms with Crippen LogP contribution in [0.3, 0.4) is 0 Å². The number of nitrogens with zero attached hydrogens (tertiary/aromatic N) is 4. The van der Waals surface area contributed by atoms with Crippen LogP contribution in [0.4, 0.5) is 24.7 Å². The summed E-state index contributed by atoms with van der Waals surface area (Å²) in [6.45, 7) is 0.429. The number of carbonyl (C=O) groups is 1. The maximum Gasteiger partial charge on any atom is 0.573 e. The molecule has 11 heteroatoms. The maximum absolute atomic E-state index is 12.3. The van der Waals surface area contributed by atoms with Gasteiger partial charge in [0.2, 0.25) is 5.91 Å². The summed E-state index contributed by atoms with van der Waals surface area (Å²) in [5.41, 5.74) is 7.53. The van der Waals surface area contributed by atoms with E-state index in [1.165, 1.54) is 30.6 Å². The second-order valence-electron chi connectivity index (χ2n) is 6.54. The van der Waals surface area contributed by atoms with Gasteiger partial charge < -0.3 is 15.8 Å². The Balaban J connectivity index is 1.53. The van der Waals surface area contributed by atoms with Gasteiger partial charge in [0.15, 0.2) is 5.65 Å². The van der Waals surface area contributed by atoms with Crippen LogP contribution in [0.25, 0.3) is 11.0 Å². The van der Waals surface area contributed by atoms with Crippen molar-refractivity contribution in [2.45, 2.75) is 12.9 Å². The molecule has 2 aromatic carbocycles. The highest BCUT2D eigenvalue weighted by molar-refractivity contribution is 5.92. The lowest BCUT2D eigenvalue weighted by Gasteiger charge is -2.10. The van der Waals surface area contributed by atoms with Gasteiger partial charge in [-0.25, -0.2) is 9.97 Å². The number of anilines is 2. The molecule has 8 nitrogen and oxygen atoms in total. The molecule has 0 radical (unpaired) electrons. The molecule has 2 aromatic heterocycles. The summed E-state index contributed by atoms with van der Waals surface area (Å²) >= 11 is 0. The van der Waals surface area contributed by atoms with E-state index in [4.69, 9.17) is 5.73 Å². The average Bonchev–Trinajstić information content (AvgIpc) is 3.12. The number of hydrogen-bond acceptors (Lipinski definition) is 6. The van der Waals surface area contributed by atoms with Crippen molar-refractivity contribution in [3.05, 3.63) is 72.2 Å². The number of nitrogens with two attached hydrogens (primary N) is 1. The van der Waals surface area contributed by atoms with Gasteiger partial charge in [-0.1, -0.05) is 12.1 Å². The smallest absolute Gasteiger partial charge is 0.406 e. The van der Waals surface area contributed by atoms with Gasteiger partial charge in [0.25, 0.3) is 0 Å². The number of fused-ring (bicyclic) bond motifs is 1. The topological polar surface area (TPSA) is 108 Å². The number of rotatable bonds is 6. The number of hydrogen-bond donors (Lipinski definition) is 2. The monoisotopic (exact) mass is 428 g/mol. The number of aromatic nitrogens is 4. The lowest BCUT2D eigenvalue weighted by molar-refractivity contribution is -0.274. The zero-order valence-electron chi connectivity index (χ0n) is 15.8. The molecule has 4 aromatic rings. The first kappa shape index (κ1) is 20.1. The van der Waals surface area contributed by atoms with Gasteiger partial charge in [0.05, 0.1) is 11.9 Å². The molecule has 0 unspecified atom stereocenters. The van der Waals surface area contributed by atoms with Crippen molar-refractivity contribution in [1.29, 1.82) is 0 Å². The predicted molar refractivity (Wildman–Crippen MR) is 106 cm³/mol. The fourth-order valence-electron chi connectivity index (χ4n) is 2.90.